The van der Waals surface area contributed by atoms with Crippen LogP contribution in [-0.4, -0.2) is 11.3 Å². The highest BCUT2D eigenvalue weighted by Crippen LogP contribution is 2.37. The van der Waals surface area contributed by atoms with E-state index >= 15 is 0 Å². The summed E-state index contributed by atoms with van der Waals surface area (Å²) in [5.74, 6) is 1.68. The molecule has 0 spiro atoms. The van der Waals surface area contributed by atoms with E-state index in [1.807, 2.05) is 6.92 Å². The van der Waals surface area contributed by atoms with Crippen LogP contribution in [0.1, 0.15) is 54.2 Å². The second-order valence-electron chi connectivity index (χ2n) is 3.46. The number of aldehydes is 1. The summed E-state index contributed by atoms with van der Waals surface area (Å²) in [6.07, 6.45) is 5.17. The number of hydrogen-bond donors (Lipinski definition) is 0. The maximum Gasteiger partial charge on any atom is 0.260 e. The van der Waals surface area contributed by atoms with Crippen LogP contribution in [-0.2, 0) is 6.42 Å². The summed E-state index contributed by atoms with van der Waals surface area (Å²) in [6, 6.07) is 0. The summed E-state index contributed by atoms with van der Waals surface area (Å²) in [5.41, 5.74) is 1.02. The minimum Gasteiger partial charge on any atom is -0.439 e. The first kappa shape index (κ1) is 8.48. The number of aryl methyl sites for hydroxylation is 1. The molecule has 0 unspecified atom stereocenters. The van der Waals surface area contributed by atoms with Gasteiger partial charge in [-0.1, -0.05) is 13.3 Å². The second-order valence-corrected chi connectivity index (χ2v) is 3.46. The zero-order valence-corrected chi connectivity index (χ0v) is 7.75. The van der Waals surface area contributed by atoms with Crippen LogP contribution < -0.4 is 0 Å². The largest absolute Gasteiger partial charge is 0.439 e. The van der Waals surface area contributed by atoms with Crippen molar-refractivity contribution in [2.45, 2.75) is 38.5 Å². The normalized spacial score (nSPS) is 17.0. The van der Waals surface area contributed by atoms with Crippen LogP contribution in [0.15, 0.2) is 4.42 Å². The topological polar surface area (TPSA) is 43.1 Å². The molecular weight excluding hydrogens is 166 g/mol. The van der Waals surface area contributed by atoms with Crippen molar-refractivity contribution in [1.82, 2.24) is 4.98 Å². The van der Waals surface area contributed by atoms with Crippen LogP contribution in [0.25, 0.3) is 0 Å². The van der Waals surface area contributed by atoms with Crippen LogP contribution in [0.3, 0.4) is 0 Å². The molecule has 1 aliphatic carbocycles. The smallest absolute Gasteiger partial charge is 0.260 e. The first-order chi connectivity index (χ1) is 6.35. The molecule has 1 saturated carbocycles. The maximum atomic E-state index is 10.5. The lowest BCUT2D eigenvalue weighted by atomic mass is 9.82. The molecule has 2 rings (SSSR count). The summed E-state index contributed by atoms with van der Waals surface area (Å²) in [6.45, 7) is 2.03. The number of aromatic nitrogens is 1. The molecule has 3 nitrogen and oxygen atoms in total. The highest BCUT2D eigenvalue weighted by Gasteiger charge is 2.26. The van der Waals surface area contributed by atoms with Crippen LogP contribution in [0.5, 0.6) is 0 Å². The zero-order chi connectivity index (χ0) is 9.26. The Morgan fingerprint density at radius 2 is 2.38 bits per heavy atom. The van der Waals surface area contributed by atoms with Gasteiger partial charge < -0.3 is 4.42 Å². The second kappa shape index (κ2) is 3.32. The summed E-state index contributed by atoms with van der Waals surface area (Å²) in [7, 11) is 0. The Kier molecular flexibility index (Phi) is 2.17. The first-order valence-electron chi connectivity index (χ1n) is 4.80. The van der Waals surface area contributed by atoms with E-state index < -0.39 is 0 Å². The lowest BCUT2D eigenvalue weighted by molar-refractivity contribution is 0.109. The molecule has 0 aliphatic heterocycles. The third-order valence-corrected chi connectivity index (χ3v) is 2.66. The van der Waals surface area contributed by atoms with E-state index in [1.165, 1.54) is 19.3 Å². The Bertz CT molecular complexity index is 313. The summed E-state index contributed by atoms with van der Waals surface area (Å²) < 4.78 is 5.29. The third kappa shape index (κ3) is 1.39. The molecule has 1 aromatic heterocycles. The Balaban J connectivity index is 2.30. The Labute approximate surface area is 77.2 Å². The van der Waals surface area contributed by atoms with Crippen molar-refractivity contribution in [2.24, 2.45) is 0 Å². The minimum atomic E-state index is 0.235. The lowest BCUT2D eigenvalue weighted by Gasteiger charge is -2.23. The Morgan fingerprint density at radius 3 is 2.85 bits per heavy atom. The standard InChI is InChI=1S/C10H13NO2/c1-2-8-10(7-4-3-5-7)11-9(6-12)13-8/h6-7H,2-5H2,1H3. The van der Waals surface area contributed by atoms with Gasteiger partial charge in [-0.3, -0.25) is 4.79 Å². The van der Waals surface area contributed by atoms with Gasteiger partial charge in [-0.25, -0.2) is 4.98 Å². The predicted molar refractivity (Wildman–Crippen MR) is 47.9 cm³/mol. The molecule has 0 aromatic carbocycles. The molecule has 0 radical (unpaired) electrons. The van der Waals surface area contributed by atoms with Gasteiger partial charge in [0.2, 0.25) is 6.29 Å². The van der Waals surface area contributed by atoms with E-state index in [0.717, 1.165) is 17.9 Å². The average molecular weight is 179 g/mol. The summed E-state index contributed by atoms with van der Waals surface area (Å²) in [5, 5.41) is 0. The van der Waals surface area contributed by atoms with Crippen molar-refractivity contribution < 1.29 is 9.21 Å². The molecule has 0 N–H and O–H groups in total. The van der Waals surface area contributed by atoms with Gasteiger partial charge in [0, 0.05) is 12.3 Å². The molecule has 13 heavy (non-hydrogen) atoms. The van der Waals surface area contributed by atoms with Gasteiger partial charge in [-0.2, -0.15) is 0 Å². The molecule has 1 fully saturated rings. The summed E-state index contributed by atoms with van der Waals surface area (Å²) in [4.78, 5) is 14.6. The zero-order valence-electron chi connectivity index (χ0n) is 7.75. The number of carbonyl (C=O) groups is 1. The number of nitrogens with zero attached hydrogens (tertiary/aromatic N) is 1. The van der Waals surface area contributed by atoms with Crippen LogP contribution >= 0.6 is 0 Å². The fourth-order valence-corrected chi connectivity index (χ4v) is 1.69. The monoisotopic (exact) mass is 179 g/mol. The molecule has 0 atom stereocenters. The van der Waals surface area contributed by atoms with Gasteiger partial charge in [-0.05, 0) is 12.8 Å². The van der Waals surface area contributed by atoms with Gasteiger partial charge in [-0.15, -0.1) is 0 Å². The van der Waals surface area contributed by atoms with Crippen molar-refractivity contribution in [3.8, 4) is 0 Å². The molecule has 70 valence electrons. The predicted octanol–water partition coefficient (Wildman–Crippen LogP) is 2.32. The van der Waals surface area contributed by atoms with Crippen LogP contribution in [0, 0.1) is 0 Å². The minimum absolute atomic E-state index is 0.235. The van der Waals surface area contributed by atoms with E-state index in [1.54, 1.807) is 0 Å². The lowest BCUT2D eigenvalue weighted by Crippen LogP contribution is -2.10. The highest BCUT2D eigenvalue weighted by molar-refractivity contribution is 5.67. The quantitative estimate of drug-likeness (QED) is 0.669. The van der Waals surface area contributed by atoms with Gasteiger partial charge in [0.05, 0.1) is 5.69 Å². The van der Waals surface area contributed by atoms with E-state index in [4.69, 9.17) is 4.42 Å². The molecule has 1 aromatic rings. The Morgan fingerprint density at radius 1 is 1.62 bits per heavy atom. The van der Waals surface area contributed by atoms with Gasteiger partial charge in [0.1, 0.15) is 5.76 Å². The van der Waals surface area contributed by atoms with Crippen molar-refractivity contribution in [1.29, 1.82) is 0 Å². The number of oxazole rings is 1. The molecule has 1 aliphatic rings. The fourth-order valence-electron chi connectivity index (χ4n) is 1.69. The molecule has 1 heterocycles. The van der Waals surface area contributed by atoms with E-state index in [-0.39, 0.29) is 5.89 Å². The molecule has 0 amide bonds. The highest BCUT2D eigenvalue weighted by atomic mass is 16.4. The third-order valence-electron chi connectivity index (χ3n) is 2.66. The fraction of sp³-hybridized carbons (Fsp3) is 0.600. The van der Waals surface area contributed by atoms with Gasteiger partial charge in [0.15, 0.2) is 0 Å². The van der Waals surface area contributed by atoms with Gasteiger partial charge in [0.25, 0.3) is 5.89 Å². The van der Waals surface area contributed by atoms with E-state index in [9.17, 15) is 4.79 Å². The SMILES string of the molecule is CCc1oc(C=O)nc1C1CCC1. The van der Waals surface area contributed by atoms with Crippen molar-refractivity contribution in [3.63, 3.8) is 0 Å². The van der Waals surface area contributed by atoms with Crippen molar-refractivity contribution >= 4 is 6.29 Å². The molecular formula is C10H13NO2. The molecule has 0 bridgehead atoms. The average Bonchev–Trinajstić information content (AvgIpc) is 2.45. The maximum absolute atomic E-state index is 10.5. The number of hydrogen-bond acceptors (Lipinski definition) is 3. The Hall–Kier alpha value is -1.12. The molecule has 0 saturated heterocycles. The van der Waals surface area contributed by atoms with Crippen LogP contribution in [0.2, 0.25) is 0 Å². The summed E-state index contributed by atoms with van der Waals surface area (Å²) >= 11 is 0. The number of carbonyl (C=O) groups excluding carboxylic acids is 1. The number of rotatable bonds is 3. The van der Waals surface area contributed by atoms with Gasteiger partial charge >= 0.3 is 0 Å². The molecule has 3 heteroatoms. The van der Waals surface area contributed by atoms with Crippen LogP contribution in [0.4, 0.5) is 0 Å². The van der Waals surface area contributed by atoms with Crippen molar-refractivity contribution in [2.75, 3.05) is 0 Å². The van der Waals surface area contributed by atoms with Crippen molar-refractivity contribution in [3.05, 3.63) is 17.3 Å². The van der Waals surface area contributed by atoms with E-state index in [0.29, 0.717) is 12.2 Å². The van der Waals surface area contributed by atoms with E-state index in [2.05, 4.69) is 4.98 Å². The first-order valence-corrected chi connectivity index (χ1v) is 4.80.